The van der Waals surface area contributed by atoms with Crippen molar-refractivity contribution >= 4 is 7.60 Å². The van der Waals surface area contributed by atoms with Crippen molar-refractivity contribution in [3.05, 3.63) is 25.3 Å². The van der Waals surface area contributed by atoms with Crippen LogP contribution in [0, 0.1) is 23.7 Å². The van der Waals surface area contributed by atoms with Gasteiger partial charge in [-0.3, -0.25) is 13.6 Å². The molecule has 3 nitrogen and oxygen atoms in total. The summed E-state index contributed by atoms with van der Waals surface area (Å²) in [5, 5.41) is 0. The molecule has 0 aliphatic heterocycles. The Kier molecular flexibility index (Phi) is 10.0. The van der Waals surface area contributed by atoms with E-state index in [1.807, 2.05) is 12.2 Å². The number of hydrogen-bond donors (Lipinski definition) is 0. The van der Waals surface area contributed by atoms with Crippen LogP contribution in [0.25, 0.3) is 0 Å². The fourth-order valence-corrected chi connectivity index (χ4v) is 3.57. The summed E-state index contributed by atoms with van der Waals surface area (Å²) in [6.07, 6.45) is 6.94. The molecule has 0 aliphatic carbocycles. The third-order valence-corrected chi connectivity index (χ3v) is 5.09. The summed E-state index contributed by atoms with van der Waals surface area (Å²) < 4.78 is 24.5. The third-order valence-electron chi connectivity index (χ3n) is 2.85. The summed E-state index contributed by atoms with van der Waals surface area (Å²) in [6.45, 7) is 16.3. The Bertz CT molecular complexity index is 531. The summed E-state index contributed by atoms with van der Waals surface area (Å²) >= 11 is 0. The number of hydrogen-bond acceptors (Lipinski definition) is 3. The van der Waals surface area contributed by atoms with Crippen molar-refractivity contribution < 1.29 is 13.6 Å². The maximum absolute atomic E-state index is 13.0. The molecule has 0 saturated carbocycles. The average molecular weight is 350 g/mol. The van der Waals surface area contributed by atoms with Crippen molar-refractivity contribution in [3.8, 4) is 23.7 Å². The minimum absolute atomic E-state index is 0.266. The molecule has 0 saturated heterocycles. The molecule has 0 rings (SSSR count). The van der Waals surface area contributed by atoms with Gasteiger partial charge in [0.2, 0.25) is 0 Å². The maximum atomic E-state index is 13.0. The third kappa shape index (κ3) is 10.5. The first-order valence-corrected chi connectivity index (χ1v) is 10.0. The fraction of sp³-hybridized carbons (Fsp3) is 0.600. The van der Waals surface area contributed by atoms with Crippen LogP contribution in [0.5, 0.6) is 0 Å². The molecule has 0 atom stereocenters. The van der Waals surface area contributed by atoms with Gasteiger partial charge in [-0.05, 0) is 40.5 Å². The first kappa shape index (κ1) is 22.8. The van der Waals surface area contributed by atoms with Gasteiger partial charge in [-0.2, -0.15) is 0 Å². The Labute approximate surface area is 148 Å². The predicted molar refractivity (Wildman–Crippen MR) is 103 cm³/mol. The lowest BCUT2D eigenvalue weighted by Gasteiger charge is -2.30. The molecule has 0 bridgehead atoms. The Balaban J connectivity index is 5.01. The van der Waals surface area contributed by atoms with Gasteiger partial charge in [0.15, 0.2) is 0 Å². The largest absolute Gasteiger partial charge is 0.333 e. The van der Waals surface area contributed by atoms with E-state index in [0.29, 0.717) is 12.8 Å². The van der Waals surface area contributed by atoms with Crippen molar-refractivity contribution in [2.75, 3.05) is 6.16 Å². The zero-order valence-electron chi connectivity index (χ0n) is 15.8. The first-order chi connectivity index (χ1) is 11.1. The molecule has 0 spiro atoms. The molecule has 0 fully saturated rings. The van der Waals surface area contributed by atoms with E-state index in [-0.39, 0.29) is 6.16 Å². The second-order valence-corrected chi connectivity index (χ2v) is 8.61. The van der Waals surface area contributed by atoms with E-state index in [1.54, 1.807) is 34.6 Å². The van der Waals surface area contributed by atoms with Crippen molar-refractivity contribution in [3.63, 3.8) is 0 Å². The molecule has 24 heavy (non-hydrogen) atoms. The summed E-state index contributed by atoms with van der Waals surface area (Å²) in [5.41, 5.74) is -1.70. The molecule has 4 heteroatoms. The number of rotatable bonds is 9. The van der Waals surface area contributed by atoms with Crippen LogP contribution >= 0.6 is 7.60 Å². The second-order valence-electron chi connectivity index (χ2n) is 6.39. The molecule has 0 aromatic carbocycles. The summed E-state index contributed by atoms with van der Waals surface area (Å²) in [6, 6.07) is 0. The van der Waals surface area contributed by atoms with Gasteiger partial charge < -0.3 is 0 Å². The highest BCUT2D eigenvalue weighted by Crippen LogP contribution is 2.53. The molecule has 134 valence electrons. The van der Waals surface area contributed by atoms with E-state index in [4.69, 9.17) is 9.05 Å². The van der Waals surface area contributed by atoms with Crippen LogP contribution in [-0.4, -0.2) is 17.4 Å². The molecule has 0 amide bonds. The summed E-state index contributed by atoms with van der Waals surface area (Å²) in [5.74, 6) is 12.1. The average Bonchev–Trinajstić information content (AvgIpc) is 2.47. The predicted octanol–water partition coefficient (Wildman–Crippen LogP) is 5.73. The summed E-state index contributed by atoms with van der Waals surface area (Å²) in [4.78, 5) is 0. The highest BCUT2D eigenvalue weighted by molar-refractivity contribution is 7.53. The lowest BCUT2D eigenvalue weighted by Crippen LogP contribution is -2.27. The minimum atomic E-state index is -3.30. The zero-order valence-corrected chi connectivity index (χ0v) is 16.7. The van der Waals surface area contributed by atoms with Gasteiger partial charge >= 0.3 is 7.60 Å². The Hall–Kier alpha value is -1.25. The molecule has 0 radical (unpaired) electrons. The van der Waals surface area contributed by atoms with Gasteiger partial charge in [0.05, 0.1) is 0 Å². The molecule has 0 heterocycles. The van der Waals surface area contributed by atoms with E-state index in [2.05, 4.69) is 36.8 Å². The van der Waals surface area contributed by atoms with Crippen molar-refractivity contribution in [1.82, 2.24) is 0 Å². The van der Waals surface area contributed by atoms with Crippen LogP contribution in [-0.2, 0) is 13.6 Å². The zero-order chi connectivity index (χ0) is 18.7. The van der Waals surface area contributed by atoms with E-state index in [1.165, 1.54) is 0 Å². The van der Waals surface area contributed by atoms with Gasteiger partial charge in [0.1, 0.15) is 11.2 Å². The Morgan fingerprint density at radius 3 is 1.58 bits per heavy atom. The van der Waals surface area contributed by atoms with Crippen molar-refractivity contribution in [1.29, 1.82) is 0 Å². The van der Waals surface area contributed by atoms with Crippen LogP contribution in [0.15, 0.2) is 25.3 Å². The van der Waals surface area contributed by atoms with E-state index in [9.17, 15) is 4.57 Å². The van der Waals surface area contributed by atoms with Crippen molar-refractivity contribution in [2.24, 2.45) is 0 Å². The highest BCUT2D eigenvalue weighted by atomic mass is 31.2. The summed E-state index contributed by atoms with van der Waals surface area (Å²) in [7, 11) is -3.30. The van der Waals surface area contributed by atoms with Crippen LogP contribution in [0.4, 0.5) is 0 Å². The molecule has 0 aromatic rings. The van der Waals surface area contributed by atoms with Gasteiger partial charge in [-0.1, -0.05) is 42.8 Å². The highest BCUT2D eigenvalue weighted by Gasteiger charge is 2.36. The molecular formula is C20H31O3P. The van der Waals surface area contributed by atoms with Gasteiger partial charge in [-0.15, -0.1) is 13.2 Å². The minimum Gasteiger partial charge on any atom is -0.289 e. The topological polar surface area (TPSA) is 35.5 Å². The fourth-order valence-electron chi connectivity index (χ4n) is 1.79. The van der Waals surface area contributed by atoms with Crippen LogP contribution < -0.4 is 0 Å². The Morgan fingerprint density at radius 2 is 1.29 bits per heavy atom. The van der Waals surface area contributed by atoms with Crippen LogP contribution in [0.3, 0.4) is 0 Å². The molecular weight excluding hydrogens is 319 g/mol. The van der Waals surface area contributed by atoms with E-state index < -0.39 is 18.8 Å². The molecule has 0 unspecified atom stereocenters. The molecule has 0 aliphatic rings. The normalized spacial score (nSPS) is 11.7. The Morgan fingerprint density at radius 1 is 0.917 bits per heavy atom. The lowest BCUT2D eigenvalue weighted by molar-refractivity contribution is 0.0841. The van der Waals surface area contributed by atoms with E-state index >= 15 is 0 Å². The van der Waals surface area contributed by atoms with Gasteiger partial charge in [0, 0.05) is 19.0 Å². The van der Waals surface area contributed by atoms with E-state index in [0.717, 1.165) is 12.8 Å². The van der Waals surface area contributed by atoms with Crippen molar-refractivity contribution in [2.45, 2.75) is 71.5 Å². The lowest BCUT2D eigenvalue weighted by atomic mass is 10.1. The first-order valence-electron chi connectivity index (χ1n) is 8.32. The monoisotopic (exact) mass is 350 g/mol. The van der Waals surface area contributed by atoms with Crippen LogP contribution in [0.1, 0.15) is 60.3 Å². The molecule has 0 aromatic heterocycles. The number of allylic oxidation sites excluding steroid dienone is 2. The van der Waals surface area contributed by atoms with Crippen LogP contribution in [0.2, 0.25) is 0 Å². The van der Waals surface area contributed by atoms with Gasteiger partial charge in [-0.25, -0.2) is 0 Å². The van der Waals surface area contributed by atoms with Gasteiger partial charge in [0.25, 0.3) is 0 Å². The standard InChI is InChI=1S/C20H31O3P/c1-8-11-13-15-17-19(4,5)22-24(21,10-3)23-20(6,7)18-16-14-12-9-2/h8-9H,1-2,10-14H2,3-7H3. The quantitative estimate of drug-likeness (QED) is 0.231. The molecule has 0 N–H and O–H groups in total. The number of unbranched alkanes of at least 4 members (excludes halogenated alkanes) is 2. The maximum Gasteiger partial charge on any atom is 0.333 e. The second kappa shape index (κ2) is 10.6. The smallest absolute Gasteiger partial charge is 0.289 e. The SMILES string of the molecule is C=CCCC#CC(C)(C)OP(=O)(CC)OC(C)(C)C#CCCC=C.